The number of esters is 1. The van der Waals surface area contributed by atoms with Gasteiger partial charge < -0.3 is 14.9 Å². The highest BCUT2D eigenvalue weighted by Crippen LogP contribution is 2.24. The van der Waals surface area contributed by atoms with Crippen LogP contribution in [0.3, 0.4) is 0 Å². The molecule has 0 aliphatic rings. The number of benzene rings is 1. The lowest BCUT2D eigenvalue weighted by atomic mass is 10.0. The molecule has 2 N–H and O–H groups in total. The van der Waals surface area contributed by atoms with Crippen molar-refractivity contribution >= 4 is 33.9 Å². The summed E-state index contributed by atoms with van der Waals surface area (Å²) in [5, 5.41) is 0.652. The number of rotatable bonds is 2. The van der Waals surface area contributed by atoms with E-state index in [0.717, 1.165) is 5.56 Å². The zero-order valence-electron chi connectivity index (χ0n) is 13.0. The van der Waals surface area contributed by atoms with E-state index in [1.54, 1.807) is 12.1 Å². The molecule has 0 saturated carbocycles. The summed E-state index contributed by atoms with van der Waals surface area (Å²) >= 11 is 0. The third-order valence-electron chi connectivity index (χ3n) is 3.79. The fraction of sp³-hybridized carbons (Fsp3) is 0.235. The zero-order valence-corrected chi connectivity index (χ0v) is 13.0. The second kappa shape index (κ2) is 5.39. The lowest BCUT2D eigenvalue weighted by Gasteiger charge is -2.08. The molecule has 2 aromatic heterocycles. The first-order chi connectivity index (χ1) is 10.9. The van der Waals surface area contributed by atoms with Gasteiger partial charge in [0.15, 0.2) is 0 Å². The maximum Gasteiger partial charge on any atom is 0.341 e. The van der Waals surface area contributed by atoms with Crippen molar-refractivity contribution in [2.24, 2.45) is 0 Å². The van der Waals surface area contributed by atoms with Gasteiger partial charge in [-0.2, -0.15) is 4.98 Å². The van der Waals surface area contributed by atoms with Crippen LogP contribution in [0, 0.1) is 0 Å². The number of anilines is 1. The minimum atomic E-state index is -0.646. The Bertz CT molecular complexity index is 989. The molecule has 0 fully saturated rings. The van der Waals surface area contributed by atoms with E-state index in [9.17, 15) is 9.59 Å². The molecule has 0 saturated heterocycles. The number of fused-ring (bicyclic) bond motifs is 2. The normalized spacial score (nSPS) is 11.3. The highest BCUT2D eigenvalue weighted by molar-refractivity contribution is 5.99. The molecule has 1 aromatic carbocycles. The van der Waals surface area contributed by atoms with Crippen molar-refractivity contribution in [1.82, 2.24) is 4.98 Å². The smallest absolute Gasteiger partial charge is 0.341 e. The highest BCUT2D eigenvalue weighted by Gasteiger charge is 2.17. The number of methoxy groups -OCH3 is 1. The third kappa shape index (κ3) is 2.42. The second-order valence-electron chi connectivity index (χ2n) is 5.61. The van der Waals surface area contributed by atoms with Gasteiger partial charge in [-0.25, -0.2) is 4.79 Å². The Hall–Kier alpha value is -2.89. The summed E-state index contributed by atoms with van der Waals surface area (Å²) in [4.78, 5) is 28.5. The highest BCUT2D eigenvalue weighted by atomic mass is 16.5. The van der Waals surface area contributed by atoms with Gasteiger partial charge in [0.1, 0.15) is 17.0 Å². The summed E-state index contributed by atoms with van der Waals surface area (Å²) in [5.74, 6) is -0.400. The van der Waals surface area contributed by atoms with E-state index in [0.29, 0.717) is 11.0 Å². The fourth-order valence-electron chi connectivity index (χ4n) is 2.45. The van der Waals surface area contributed by atoms with Crippen molar-refractivity contribution in [1.29, 1.82) is 0 Å². The number of ether oxygens (including phenoxy) is 1. The topological polar surface area (TPSA) is 95.4 Å². The van der Waals surface area contributed by atoms with E-state index >= 15 is 0 Å². The molecule has 6 heteroatoms. The number of pyridine rings is 1. The minimum Gasteiger partial charge on any atom is -0.465 e. The number of hydrogen-bond acceptors (Lipinski definition) is 6. The Morgan fingerprint density at radius 1 is 1.26 bits per heavy atom. The van der Waals surface area contributed by atoms with E-state index in [-0.39, 0.29) is 33.8 Å². The first-order valence-electron chi connectivity index (χ1n) is 7.17. The number of hydrogen-bond donors (Lipinski definition) is 1. The molecule has 3 rings (SSSR count). The third-order valence-corrected chi connectivity index (χ3v) is 3.79. The number of nitrogen functional groups attached to an aromatic ring is 1. The average Bonchev–Trinajstić information content (AvgIpc) is 2.53. The molecule has 0 bridgehead atoms. The maximum atomic E-state index is 12.7. The molecule has 0 unspecified atom stereocenters. The summed E-state index contributed by atoms with van der Waals surface area (Å²) < 4.78 is 10.3. The molecule has 0 amide bonds. The molecular formula is C17H16N2O4. The van der Waals surface area contributed by atoms with Crippen LogP contribution < -0.4 is 11.2 Å². The molecule has 118 valence electrons. The second-order valence-corrected chi connectivity index (χ2v) is 5.61. The Morgan fingerprint density at radius 3 is 2.65 bits per heavy atom. The van der Waals surface area contributed by atoms with Gasteiger partial charge >= 0.3 is 5.97 Å². The largest absolute Gasteiger partial charge is 0.465 e. The van der Waals surface area contributed by atoms with E-state index in [1.165, 1.54) is 13.2 Å². The number of aromatic nitrogens is 1. The quantitative estimate of drug-likeness (QED) is 0.577. The van der Waals surface area contributed by atoms with Crippen molar-refractivity contribution in [3.05, 3.63) is 45.6 Å². The van der Waals surface area contributed by atoms with Gasteiger partial charge in [-0.15, -0.1) is 0 Å². The summed E-state index contributed by atoms with van der Waals surface area (Å²) in [6, 6.07) is 6.84. The van der Waals surface area contributed by atoms with E-state index in [2.05, 4.69) is 9.72 Å². The number of nitrogens with zero attached hydrogens (tertiary/aromatic N) is 1. The van der Waals surface area contributed by atoms with Crippen LogP contribution in [-0.4, -0.2) is 18.1 Å². The van der Waals surface area contributed by atoms with Crippen LogP contribution in [0.25, 0.3) is 22.1 Å². The van der Waals surface area contributed by atoms with Crippen molar-refractivity contribution in [2.75, 3.05) is 12.8 Å². The van der Waals surface area contributed by atoms with Gasteiger partial charge in [0, 0.05) is 0 Å². The van der Waals surface area contributed by atoms with Crippen molar-refractivity contribution < 1.29 is 13.9 Å². The fourth-order valence-corrected chi connectivity index (χ4v) is 2.45. The number of carbonyl (C=O) groups is 1. The molecule has 0 aliphatic heterocycles. The van der Waals surface area contributed by atoms with Crippen LogP contribution in [0.1, 0.15) is 35.7 Å². The Kier molecular flexibility index (Phi) is 3.52. The van der Waals surface area contributed by atoms with Crippen LogP contribution in [0.2, 0.25) is 0 Å². The van der Waals surface area contributed by atoms with Crippen LogP contribution in [0.4, 0.5) is 5.82 Å². The molecule has 0 aliphatic carbocycles. The molecule has 3 aromatic rings. The number of carbonyl (C=O) groups excluding carboxylic acids is 1. The van der Waals surface area contributed by atoms with Crippen molar-refractivity contribution in [3.8, 4) is 0 Å². The number of nitrogens with two attached hydrogens (primary N) is 1. The minimum absolute atomic E-state index is 0.0364. The zero-order chi connectivity index (χ0) is 16.7. The van der Waals surface area contributed by atoms with Gasteiger partial charge in [0.2, 0.25) is 11.1 Å². The van der Waals surface area contributed by atoms with E-state index < -0.39 is 5.97 Å². The molecule has 0 radical (unpaired) electrons. The van der Waals surface area contributed by atoms with Crippen LogP contribution >= 0.6 is 0 Å². The van der Waals surface area contributed by atoms with Gasteiger partial charge in [0.05, 0.1) is 17.9 Å². The van der Waals surface area contributed by atoms with Crippen molar-refractivity contribution in [3.63, 3.8) is 0 Å². The van der Waals surface area contributed by atoms with E-state index in [4.69, 9.17) is 10.2 Å². The van der Waals surface area contributed by atoms with Gasteiger partial charge in [-0.1, -0.05) is 19.9 Å². The predicted molar refractivity (Wildman–Crippen MR) is 87.6 cm³/mol. The summed E-state index contributed by atoms with van der Waals surface area (Å²) in [6.45, 7) is 4.09. The monoisotopic (exact) mass is 312 g/mol. The molecule has 2 heterocycles. The Balaban J connectivity index is 2.38. The molecule has 0 spiro atoms. The Morgan fingerprint density at radius 2 is 2.00 bits per heavy atom. The van der Waals surface area contributed by atoms with Gasteiger partial charge in [-0.3, -0.25) is 4.79 Å². The van der Waals surface area contributed by atoms with Crippen LogP contribution in [0.5, 0.6) is 0 Å². The first-order valence-corrected chi connectivity index (χ1v) is 7.17. The van der Waals surface area contributed by atoms with Crippen LogP contribution in [-0.2, 0) is 4.74 Å². The summed E-state index contributed by atoms with van der Waals surface area (Å²) in [6.07, 6.45) is 0. The summed E-state index contributed by atoms with van der Waals surface area (Å²) in [5.41, 5.74) is 7.11. The Labute approximate surface area is 131 Å². The summed E-state index contributed by atoms with van der Waals surface area (Å²) in [7, 11) is 1.24. The predicted octanol–water partition coefficient (Wildman–Crippen LogP) is 2.83. The average molecular weight is 312 g/mol. The lowest BCUT2D eigenvalue weighted by molar-refractivity contribution is 0.0602. The van der Waals surface area contributed by atoms with Gasteiger partial charge in [-0.05, 0) is 29.7 Å². The van der Waals surface area contributed by atoms with E-state index in [1.807, 2.05) is 19.9 Å². The van der Waals surface area contributed by atoms with Crippen LogP contribution in [0.15, 0.2) is 33.5 Å². The molecular weight excluding hydrogens is 296 g/mol. The first kappa shape index (κ1) is 15.0. The standard InChI is InChI=1S/C17H16N2O4/c1-8(2)9-4-5-13-10(6-9)14(20)11-7-12(17(21)22-3)15(18)19-16(11)23-13/h4-8H,1-3H3,(H2,18,19). The van der Waals surface area contributed by atoms with Gasteiger partial charge in [0.25, 0.3) is 0 Å². The molecule has 6 nitrogen and oxygen atoms in total. The SMILES string of the molecule is COC(=O)c1cc2c(=O)c3cc(C(C)C)ccc3oc2nc1N. The maximum absolute atomic E-state index is 12.7. The molecule has 0 atom stereocenters. The lowest BCUT2D eigenvalue weighted by Crippen LogP contribution is -2.11. The van der Waals surface area contributed by atoms with Crippen molar-refractivity contribution in [2.45, 2.75) is 19.8 Å². The molecule has 23 heavy (non-hydrogen) atoms.